The van der Waals surface area contributed by atoms with Gasteiger partial charge in [0.15, 0.2) is 17.6 Å². The van der Waals surface area contributed by atoms with Crippen LogP contribution in [0.4, 0.5) is 0 Å². The van der Waals surface area contributed by atoms with Crippen molar-refractivity contribution >= 4 is 11.9 Å². The lowest BCUT2D eigenvalue weighted by molar-refractivity contribution is -0.152. The fourth-order valence-electron chi connectivity index (χ4n) is 3.15. The molecule has 3 atom stereocenters. The van der Waals surface area contributed by atoms with Gasteiger partial charge in [-0.1, -0.05) is 19.9 Å². The van der Waals surface area contributed by atoms with E-state index in [0.29, 0.717) is 37.6 Å². The molecule has 1 unspecified atom stereocenters. The summed E-state index contributed by atoms with van der Waals surface area (Å²) < 4.78 is 16.6. The Morgan fingerprint density at radius 2 is 1.78 bits per heavy atom. The molecule has 1 amide bonds. The monoisotopic (exact) mass is 379 g/mol. The summed E-state index contributed by atoms with van der Waals surface area (Å²) in [6.45, 7) is 8.88. The summed E-state index contributed by atoms with van der Waals surface area (Å²) in [4.78, 5) is 23.6. The topological polar surface area (TPSA) is 94.1 Å². The average Bonchev–Trinajstić information content (AvgIpc) is 3.12. The molecular formula is C20H29NO6. The Morgan fingerprint density at radius 1 is 1.15 bits per heavy atom. The minimum atomic E-state index is -1.03. The number of carboxylic acid groups (broad SMARTS) is 1. The fourth-order valence-corrected chi connectivity index (χ4v) is 3.15. The predicted molar refractivity (Wildman–Crippen MR) is 100 cm³/mol. The van der Waals surface area contributed by atoms with E-state index in [2.05, 4.69) is 5.32 Å². The lowest BCUT2D eigenvalue weighted by Gasteiger charge is -2.25. The zero-order valence-electron chi connectivity index (χ0n) is 16.4. The number of carboxylic acids is 1. The molecule has 0 bridgehead atoms. The molecule has 1 aliphatic heterocycles. The first kappa shape index (κ1) is 21.0. The van der Waals surface area contributed by atoms with E-state index in [-0.39, 0.29) is 17.9 Å². The highest BCUT2D eigenvalue weighted by Crippen LogP contribution is 2.33. The number of rotatable bonds is 9. The Labute approximate surface area is 160 Å². The van der Waals surface area contributed by atoms with Gasteiger partial charge in [0, 0.05) is 0 Å². The second-order valence-corrected chi connectivity index (χ2v) is 6.83. The van der Waals surface area contributed by atoms with Crippen LogP contribution in [0, 0.1) is 5.92 Å². The molecule has 1 aromatic rings. The van der Waals surface area contributed by atoms with Gasteiger partial charge in [-0.15, -0.1) is 0 Å². The molecule has 0 spiro atoms. The Kier molecular flexibility index (Phi) is 7.47. The highest BCUT2D eigenvalue weighted by Gasteiger charge is 2.35. The number of carbonyl (C=O) groups excluding carboxylic acids is 1. The smallest absolute Gasteiger partial charge is 0.332 e. The third kappa shape index (κ3) is 5.35. The van der Waals surface area contributed by atoms with Crippen molar-refractivity contribution in [3.8, 4) is 11.5 Å². The van der Waals surface area contributed by atoms with Crippen LogP contribution in [0.1, 0.15) is 52.1 Å². The molecule has 1 aliphatic rings. The second-order valence-electron chi connectivity index (χ2n) is 6.83. The minimum Gasteiger partial charge on any atom is -0.490 e. The zero-order chi connectivity index (χ0) is 20.0. The van der Waals surface area contributed by atoms with E-state index in [0.717, 1.165) is 5.56 Å². The molecule has 0 aliphatic carbocycles. The molecule has 1 fully saturated rings. The van der Waals surface area contributed by atoms with Gasteiger partial charge < -0.3 is 24.6 Å². The molecule has 7 heteroatoms. The highest BCUT2D eigenvalue weighted by atomic mass is 16.5. The fraction of sp³-hybridized carbons (Fsp3) is 0.600. The molecule has 1 saturated heterocycles. The van der Waals surface area contributed by atoms with E-state index in [1.807, 2.05) is 45.9 Å². The van der Waals surface area contributed by atoms with E-state index < -0.39 is 18.2 Å². The van der Waals surface area contributed by atoms with Crippen molar-refractivity contribution in [2.75, 3.05) is 13.2 Å². The maximum atomic E-state index is 12.6. The van der Waals surface area contributed by atoms with Gasteiger partial charge in [-0.3, -0.25) is 4.79 Å². The van der Waals surface area contributed by atoms with Crippen LogP contribution in [0.15, 0.2) is 18.2 Å². The Balaban J connectivity index is 2.16. The SMILES string of the molecule is CCOc1ccc(C(NC(=O)[C@@H]2CC[C@H](C(=O)O)O2)C(C)C)cc1OCC. The molecule has 7 nitrogen and oxygen atoms in total. The summed E-state index contributed by atoms with van der Waals surface area (Å²) in [6, 6.07) is 5.39. The quantitative estimate of drug-likeness (QED) is 0.685. The van der Waals surface area contributed by atoms with Gasteiger partial charge >= 0.3 is 5.97 Å². The van der Waals surface area contributed by atoms with Crippen LogP contribution in [0.2, 0.25) is 0 Å². The van der Waals surface area contributed by atoms with Gasteiger partial charge in [-0.05, 0) is 50.3 Å². The molecule has 2 rings (SSSR count). The number of nitrogens with one attached hydrogen (secondary N) is 1. The van der Waals surface area contributed by atoms with Crippen LogP contribution in [0.5, 0.6) is 11.5 Å². The lowest BCUT2D eigenvalue weighted by atomic mass is 9.95. The number of hydrogen-bond donors (Lipinski definition) is 2. The Hall–Kier alpha value is -2.28. The summed E-state index contributed by atoms with van der Waals surface area (Å²) >= 11 is 0. The van der Waals surface area contributed by atoms with Gasteiger partial charge in [0.1, 0.15) is 6.10 Å². The van der Waals surface area contributed by atoms with Crippen molar-refractivity contribution in [3.05, 3.63) is 23.8 Å². The predicted octanol–water partition coefficient (Wildman–Crippen LogP) is 2.93. The molecule has 0 aromatic heterocycles. The lowest BCUT2D eigenvalue weighted by Crippen LogP contribution is -2.39. The highest BCUT2D eigenvalue weighted by molar-refractivity contribution is 5.83. The third-order valence-electron chi connectivity index (χ3n) is 4.48. The van der Waals surface area contributed by atoms with E-state index in [4.69, 9.17) is 19.3 Å². The van der Waals surface area contributed by atoms with Gasteiger partial charge in [0.05, 0.1) is 19.3 Å². The van der Waals surface area contributed by atoms with Crippen molar-refractivity contribution in [2.45, 2.75) is 58.8 Å². The van der Waals surface area contributed by atoms with Crippen molar-refractivity contribution in [3.63, 3.8) is 0 Å². The van der Waals surface area contributed by atoms with Crippen LogP contribution in [-0.4, -0.2) is 42.4 Å². The van der Waals surface area contributed by atoms with Crippen molar-refractivity contribution in [1.82, 2.24) is 5.32 Å². The van der Waals surface area contributed by atoms with Crippen LogP contribution in [-0.2, 0) is 14.3 Å². The van der Waals surface area contributed by atoms with Gasteiger partial charge in [0.2, 0.25) is 5.91 Å². The number of benzene rings is 1. The van der Waals surface area contributed by atoms with E-state index in [1.54, 1.807) is 0 Å². The van der Waals surface area contributed by atoms with Crippen LogP contribution >= 0.6 is 0 Å². The van der Waals surface area contributed by atoms with E-state index >= 15 is 0 Å². The number of aliphatic carboxylic acids is 1. The van der Waals surface area contributed by atoms with Gasteiger partial charge in [0.25, 0.3) is 0 Å². The summed E-state index contributed by atoms with van der Waals surface area (Å²) in [5, 5.41) is 12.0. The molecule has 1 heterocycles. The molecule has 150 valence electrons. The third-order valence-corrected chi connectivity index (χ3v) is 4.48. The first-order valence-electron chi connectivity index (χ1n) is 9.45. The first-order chi connectivity index (χ1) is 12.9. The number of carbonyl (C=O) groups is 2. The molecule has 0 saturated carbocycles. The number of ether oxygens (including phenoxy) is 3. The molecule has 0 radical (unpaired) electrons. The normalized spacial score (nSPS) is 20.3. The van der Waals surface area contributed by atoms with E-state index in [9.17, 15) is 9.59 Å². The second kappa shape index (κ2) is 9.60. The summed E-state index contributed by atoms with van der Waals surface area (Å²) in [5.41, 5.74) is 0.901. The zero-order valence-corrected chi connectivity index (χ0v) is 16.4. The maximum absolute atomic E-state index is 12.6. The van der Waals surface area contributed by atoms with Crippen molar-refractivity contribution in [1.29, 1.82) is 0 Å². The molecular weight excluding hydrogens is 350 g/mol. The Morgan fingerprint density at radius 3 is 2.33 bits per heavy atom. The molecule has 1 aromatic carbocycles. The number of amides is 1. The summed E-state index contributed by atoms with van der Waals surface area (Å²) in [7, 11) is 0. The van der Waals surface area contributed by atoms with Crippen molar-refractivity contribution in [2.24, 2.45) is 5.92 Å². The van der Waals surface area contributed by atoms with Crippen LogP contribution in [0.25, 0.3) is 0 Å². The minimum absolute atomic E-state index is 0.123. The van der Waals surface area contributed by atoms with Crippen molar-refractivity contribution < 1.29 is 28.9 Å². The van der Waals surface area contributed by atoms with Crippen LogP contribution < -0.4 is 14.8 Å². The first-order valence-corrected chi connectivity index (χ1v) is 9.45. The maximum Gasteiger partial charge on any atom is 0.332 e. The van der Waals surface area contributed by atoms with E-state index in [1.165, 1.54) is 0 Å². The van der Waals surface area contributed by atoms with Gasteiger partial charge in [-0.2, -0.15) is 0 Å². The summed E-state index contributed by atoms with van der Waals surface area (Å²) in [5.74, 6) is 0.112. The molecule has 2 N–H and O–H groups in total. The van der Waals surface area contributed by atoms with Crippen LogP contribution in [0.3, 0.4) is 0 Å². The van der Waals surface area contributed by atoms with Gasteiger partial charge in [-0.25, -0.2) is 4.79 Å². The standard InChI is InChI=1S/C20H29NO6/c1-5-25-14-8-7-13(11-17(14)26-6-2)18(12(3)4)21-19(22)15-9-10-16(27-15)20(23)24/h7-8,11-12,15-16,18H,5-6,9-10H2,1-4H3,(H,21,22)(H,23,24)/t15-,16+,18?/m0/s1. The largest absolute Gasteiger partial charge is 0.490 e. The Bertz CT molecular complexity index is 660. The average molecular weight is 379 g/mol. The number of hydrogen-bond acceptors (Lipinski definition) is 5. The molecule has 27 heavy (non-hydrogen) atoms. The summed E-state index contributed by atoms with van der Waals surface area (Å²) in [6.07, 6.45) is -0.895.